The largest absolute Gasteiger partial charge is 0.497 e. The SMILES string of the molecule is CC[C@@H](C)[C@H](NC(=O)COC(=O)/C=C/c1ccc2cc(OC)ccc2c1)C(=O)OC. The maximum Gasteiger partial charge on any atom is 0.331 e. The van der Waals surface area contributed by atoms with Gasteiger partial charge in [-0.05, 0) is 46.5 Å². The monoisotopic (exact) mass is 413 g/mol. The van der Waals surface area contributed by atoms with E-state index in [1.807, 2.05) is 50.2 Å². The first-order valence-electron chi connectivity index (χ1n) is 9.67. The van der Waals surface area contributed by atoms with Gasteiger partial charge in [-0.3, -0.25) is 4.79 Å². The Hall–Kier alpha value is -3.35. The fourth-order valence-electron chi connectivity index (χ4n) is 2.83. The highest BCUT2D eigenvalue weighted by atomic mass is 16.5. The molecule has 0 saturated carbocycles. The number of hydrogen-bond acceptors (Lipinski definition) is 6. The number of esters is 2. The van der Waals surface area contributed by atoms with E-state index in [0.717, 1.165) is 22.1 Å². The summed E-state index contributed by atoms with van der Waals surface area (Å²) in [5, 5.41) is 4.58. The van der Waals surface area contributed by atoms with Crippen LogP contribution in [0.5, 0.6) is 5.75 Å². The zero-order valence-corrected chi connectivity index (χ0v) is 17.6. The number of methoxy groups -OCH3 is 2. The van der Waals surface area contributed by atoms with E-state index in [9.17, 15) is 14.4 Å². The van der Waals surface area contributed by atoms with Crippen LogP contribution in [0.1, 0.15) is 25.8 Å². The Bertz CT molecular complexity index is 936. The van der Waals surface area contributed by atoms with Gasteiger partial charge in [0.15, 0.2) is 6.61 Å². The van der Waals surface area contributed by atoms with Crippen molar-refractivity contribution >= 4 is 34.7 Å². The van der Waals surface area contributed by atoms with Crippen LogP contribution in [0.25, 0.3) is 16.8 Å². The molecule has 0 heterocycles. The summed E-state index contributed by atoms with van der Waals surface area (Å²) >= 11 is 0. The van der Waals surface area contributed by atoms with E-state index in [2.05, 4.69) is 5.32 Å². The molecule has 160 valence electrons. The maximum atomic E-state index is 12.0. The van der Waals surface area contributed by atoms with Crippen molar-refractivity contribution in [3.05, 3.63) is 48.0 Å². The van der Waals surface area contributed by atoms with Gasteiger partial charge in [0, 0.05) is 6.08 Å². The summed E-state index contributed by atoms with van der Waals surface area (Å²) in [5.41, 5.74) is 0.816. The fourth-order valence-corrected chi connectivity index (χ4v) is 2.83. The van der Waals surface area contributed by atoms with Crippen LogP contribution in [0.15, 0.2) is 42.5 Å². The van der Waals surface area contributed by atoms with Gasteiger partial charge in [-0.1, -0.05) is 38.5 Å². The molecule has 7 nitrogen and oxygen atoms in total. The van der Waals surface area contributed by atoms with Crippen LogP contribution in [-0.4, -0.2) is 44.7 Å². The first kappa shape index (κ1) is 22.9. The highest BCUT2D eigenvalue weighted by molar-refractivity contribution is 5.92. The number of carbonyl (C=O) groups is 3. The van der Waals surface area contributed by atoms with Gasteiger partial charge >= 0.3 is 11.9 Å². The summed E-state index contributed by atoms with van der Waals surface area (Å²) in [7, 11) is 2.88. The molecule has 0 unspecified atom stereocenters. The van der Waals surface area contributed by atoms with E-state index in [0.29, 0.717) is 6.42 Å². The zero-order valence-electron chi connectivity index (χ0n) is 17.6. The standard InChI is InChI=1S/C23H27NO6/c1-5-15(2)22(23(27)29-4)24-20(25)14-30-21(26)11-7-16-6-8-18-13-19(28-3)10-9-17(18)12-16/h6-13,15,22H,5,14H2,1-4H3,(H,24,25)/b11-7+/t15-,22+/m1/s1. The van der Waals surface area contributed by atoms with Crippen LogP contribution in [0.4, 0.5) is 0 Å². The minimum atomic E-state index is -0.780. The number of benzene rings is 2. The molecule has 0 fully saturated rings. The fraction of sp³-hybridized carbons (Fsp3) is 0.348. The third-order valence-corrected chi connectivity index (χ3v) is 4.81. The van der Waals surface area contributed by atoms with Crippen LogP contribution < -0.4 is 10.1 Å². The van der Waals surface area contributed by atoms with Crippen molar-refractivity contribution in [3.8, 4) is 5.75 Å². The summed E-state index contributed by atoms with van der Waals surface area (Å²) in [6.45, 7) is 3.25. The number of amides is 1. The second-order valence-electron chi connectivity index (χ2n) is 6.87. The molecule has 30 heavy (non-hydrogen) atoms. The van der Waals surface area contributed by atoms with Crippen molar-refractivity contribution in [1.29, 1.82) is 0 Å². The van der Waals surface area contributed by atoms with Gasteiger partial charge in [0.25, 0.3) is 5.91 Å². The molecule has 0 bridgehead atoms. The van der Waals surface area contributed by atoms with Gasteiger partial charge in [-0.2, -0.15) is 0 Å². The Kier molecular flexibility index (Phi) is 8.41. The molecule has 2 atom stereocenters. The first-order chi connectivity index (χ1) is 14.4. The van der Waals surface area contributed by atoms with Crippen molar-refractivity contribution in [2.45, 2.75) is 26.3 Å². The maximum absolute atomic E-state index is 12.0. The highest BCUT2D eigenvalue weighted by Gasteiger charge is 2.26. The van der Waals surface area contributed by atoms with E-state index >= 15 is 0 Å². The van der Waals surface area contributed by atoms with Gasteiger partial charge in [-0.15, -0.1) is 0 Å². The molecule has 0 aromatic heterocycles. The Morgan fingerprint density at radius 3 is 2.43 bits per heavy atom. The normalized spacial score (nSPS) is 12.9. The lowest BCUT2D eigenvalue weighted by Gasteiger charge is -2.21. The van der Waals surface area contributed by atoms with E-state index in [1.54, 1.807) is 13.2 Å². The Morgan fingerprint density at radius 1 is 1.07 bits per heavy atom. The number of carbonyl (C=O) groups excluding carboxylic acids is 3. The van der Waals surface area contributed by atoms with Crippen LogP contribution in [0.3, 0.4) is 0 Å². The van der Waals surface area contributed by atoms with Crippen molar-refractivity contribution in [1.82, 2.24) is 5.32 Å². The summed E-state index contributed by atoms with van der Waals surface area (Å²) in [6, 6.07) is 10.7. The molecule has 2 rings (SSSR count). The van der Waals surface area contributed by atoms with E-state index in [-0.39, 0.29) is 5.92 Å². The smallest absolute Gasteiger partial charge is 0.331 e. The lowest BCUT2D eigenvalue weighted by Crippen LogP contribution is -2.47. The molecule has 0 aliphatic rings. The molecule has 1 amide bonds. The molecule has 0 radical (unpaired) electrons. The second-order valence-corrected chi connectivity index (χ2v) is 6.87. The topological polar surface area (TPSA) is 90.9 Å². The molecule has 0 spiro atoms. The molecule has 7 heteroatoms. The van der Waals surface area contributed by atoms with E-state index < -0.39 is 30.5 Å². The average Bonchev–Trinajstić information content (AvgIpc) is 2.78. The van der Waals surface area contributed by atoms with Gasteiger partial charge in [0.1, 0.15) is 11.8 Å². The Balaban J connectivity index is 1.91. The summed E-state index contributed by atoms with van der Waals surface area (Å²) < 4.78 is 14.9. The predicted octanol–water partition coefficient (Wildman–Crippen LogP) is 3.11. The average molecular weight is 413 g/mol. The molecule has 0 aliphatic heterocycles. The molecule has 0 aliphatic carbocycles. The van der Waals surface area contributed by atoms with Gasteiger partial charge in [0.05, 0.1) is 14.2 Å². The third-order valence-electron chi connectivity index (χ3n) is 4.81. The molecule has 1 N–H and O–H groups in total. The number of ether oxygens (including phenoxy) is 3. The van der Waals surface area contributed by atoms with Crippen LogP contribution in [0, 0.1) is 5.92 Å². The number of nitrogens with one attached hydrogen (secondary N) is 1. The summed E-state index contributed by atoms with van der Waals surface area (Å²) in [5.74, 6) is -1.08. The molecule has 0 saturated heterocycles. The summed E-state index contributed by atoms with van der Waals surface area (Å²) in [4.78, 5) is 35.8. The minimum Gasteiger partial charge on any atom is -0.497 e. The lowest BCUT2D eigenvalue weighted by atomic mass is 9.99. The molecular formula is C23H27NO6. The minimum absolute atomic E-state index is 0.107. The number of fused-ring (bicyclic) bond motifs is 1. The van der Waals surface area contributed by atoms with E-state index in [4.69, 9.17) is 14.2 Å². The van der Waals surface area contributed by atoms with E-state index in [1.165, 1.54) is 13.2 Å². The Labute approximate surface area is 176 Å². The third kappa shape index (κ3) is 6.34. The summed E-state index contributed by atoms with van der Waals surface area (Å²) in [6.07, 6.45) is 3.55. The van der Waals surface area contributed by atoms with Gasteiger partial charge in [0.2, 0.25) is 0 Å². The van der Waals surface area contributed by atoms with Crippen LogP contribution in [-0.2, 0) is 23.9 Å². The quantitative estimate of drug-likeness (QED) is 0.502. The highest BCUT2D eigenvalue weighted by Crippen LogP contribution is 2.22. The van der Waals surface area contributed by atoms with Crippen LogP contribution >= 0.6 is 0 Å². The predicted molar refractivity (Wildman–Crippen MR) is 114 cm³/mol. The second kappa shape index (κ2) is 11.0. The number of rotatable bonds is 9. The molecular weight excluding hydrogens is 386 g/mol. The zero-order chi connectivity index (χ0) is 22.1. The molecule has 2 aromatic rings. The molecule has 2 aromatic carbocycles. The van der Waals surface area contributed by atoms with Gasteiger partial charge < -0.3 is 19.5 Å². The Morgan fingerprint density at radius 2 is 1.77 bits per heavy atom. The van der Waals surface area contributed by atoms with Crippen molar-refractivity contribution in [3.63, 3.8) is 0 Å². The van der Waals surface area contributed by atoms with Crippen molar-refractivity contribution < 1.29 is 28.6 Å². The van der Waals surface area contributed by atoms with Crippen molar-refractivity contribution in [2.75, 3.05) is 20.8 Å². The first-order valence-corrected chi connectivity index (χ1v) is 9.67. The van der Waals surface area contributed by atoms with Crippen LogP contribution in [0.2, 0.25) is 0 Å². The lowest BCUT2D eigenvalue weighted by molar-refractivity contribution is -0.148. The number of hydrogen-bond donors (Lipinski definition) is 1. The van der Waals surface area contributed by atoms with Crippen molar-refractivity contribution in [2.24, 2.45) is 5.92 Å². The van der Waals surface area contributed by atoms with Gasteiger partial charge in [-0.25, -0.2) is 9.59 Å².